The second-order valence-corrected chi connectivity index (χ2v) is 5.36. The van der Waals surface area contributed by atoms with E-state index in [-0.39, 0.29) is 17.2 Å². The first-order chi connectivity index (χ1) is 8.15. The number of rotatable bonds is 3. The number of halogens is 1. The Balaban J connectivity index is 1.94. The molecule has 0 bridgehead atoms. The first kappa shape index (κ1) is 12.2. The van der Waals surface area contributed by atoms with E-state index in [1.807, 2.05) is 11.8 Å². The van der Waals surface area contributed by atoms with Crippen LogP contribution in [0.15, 0.2) is 18.2 Å². The van der Waals surface area contributed by atoms with Gasteiger partial charge in [0.15, 0.2) is 0 Å². The molecule has 17 heavy (non-hydrogen) atoms. The molecule has 92 valence electrons. The van der Waals surface area contributed by atoms with Gasteiger partial charge in [0.25, 0.3) is 5.91 Å². The minimum absolute atomic E-state index is 0.256. The summed E-state index contributed by atoms with van der Waals surface area (Å²) in [4.78, 5) is 11.8. The molecule has 0 aromatic heterocycles. The summed E-state index contributed by atoms with van der Waals surface area (Å²) in [5.74, 6) is 2.05. The zero-order valence-corrected chi connectivity index (χ0v) is 10.2. The van der Waals surface area contributed by atoms with Crippen molar-refractivity contribution < 1.29 is 9.18 Å². The molecular weight excluding hydrogens is 239 g/mol. The van der Waals surface area contributed by atoms with Crippen molar-refractivity contribution in [3.63, 3.8) is 0 Å². The van der Waals surface area contributed by atoms with Gasteiger partial charge in [-0.1, -0.05) is 0 Å². The van der Waals surface area contributed by atoms with Crippen molar-refractivity contribution in [2.45, 2.75) is 6.42 Å². The van der Waals surface area contributed by atoms with Crippen molar-refractivity contribution in [1.29, 1.82) is 0 Å². The molecule has 3 nitrogen and oxygen atoms in total. The van der Waals surface area contributed by atoms with Gasteiger partial charge in [0, 0.05) is 17.8 Å². The molecule has 0 radical (unpaired) electrons. The van der Waals surface area contributed by atoms with E-state index in [2.05, 4.69) is 5.32 Å². The predicted octanol–water partition coefficient (Wildman–Crippen LogP) is 1.89. The van der Waals surface area contributed by atoms with Crippen LogP contribution in [0.4, 0.5) is 10.1 Å². The quantitative estimate of drug-likeness (QED) is 0.810. The van der Waals surface area contributed by atoms with Gasteiger partial charge in [-0.15, -0.1) is 0 Å². The van der Waals surface area contributed by atoms with Crippen molar-refractivity contribution in [2.24, 2.45) is 5.92 Å². The third-order valence-electron chi connectivity index (χ3n) is 2.76. The van der Waals surface area contributed by atoms with Crippen LogP contribution in [-0.4, -0.2) is 24.0 Å². The number of hydrogen-bond acceptors (Lipinski definition) is 3. The van der Waals surface area contributed by atoms with E-state index >= 15 is 0 Å². The van der Waals surface area contributed by atoms with Gasteiger partial charge in [0.1, 0.15) is 5.82 Å². The summed E-state index contributed by atoms with van der Waals surface area (Å²) < 4.78 is 13.1. The summed E-state index contributed by atoms with van der Waals surface area (Å²) in [5, 5.41) is 2.82. The van der Waals surface area contributed by atoms with Gasteiger partial charge in [-0.2, -0.15) is 11.8 Å². The third kappa shape index (κ3) is 3.36. The molecule has 1 aromatic carbocycles. The molecule has 1 unspecified atom stereocenters. The molecule has 1 amide bonds. The van der Waals surface area contributed by atoms with Gasteiger partial charge >= 0.3 is 0 Å². The molecule has 1 aromatic rings. The zero-order chi connectivity index (χ0) is 12.3. The van der Waals surface area contributed by atoms with E-state index < -0.39 is 5.82 Å². The number of carbonyl (C=O) groups excluding carboxylic acids is 1. The summed E-state index contributed by atoms with van der Waals surface area (Å²) in [7, 11) is 0. The second kappa shape index (κ2) is 5.40. The lowest BCUT2D eigenvalue weighted by Gasteiger charge is -2.10. The number of thioether (sulfide) groups is 1. The van der Waals surface area contributed by atoms with Crippen LogP contribution in [0.1, 0.15) is 16.8 Å². The number of anilines is 1. The van der Waals surface area contributed by atoms with E-state index in [1.165, 1.54) is 18.2 Å². The van der Waals surface area contributed by atoms with Gasteiger partial charge in [-0.05, 0) is 42.0 Å². The Labute approximate surface area is 104 Å². The molecule has 2 rings (SSSR count). The van der Waals surface area contributed by atoms with Crippen molar-refractivity contribution in [1.82, 2.24) is 5.32 Å². The lowest BCUT2D eigenvalue weighted by Crippen LogP contribution is -2.29. The monoisotopic (exact) mass is 254 g/mol. The fourth-order valence-electron chi connectivity index (χ4n) is 1.83. The van der Waals surface area contributed by atoms with Crippen molar-refractivity contribution >= 4 is 23.4 Å². The smallest absolute Gasteiger partial charge is 0.251 e. The van der Waals surface area contributed by atoms with E-state index in [9.17, 15) is 9.18 Å². The highest BCUT2D eigenvalue weighted by molar-refractivity contribution is 7.99. The van der Waals surface area contributed by atoms with Crippen LogP contribution < -0.4 is 11.1 Å². The Morgan fingerprint density at radius 1 is 1.53 bits per heavy atom. The SMILES string of the molecule is Nc1cc(F)cc(C(=O)NCC2CCSC2)c1. The molecule has 0 saturated carbocycles. The van der Waals surface area contributed by atoms with Gasteiger partial charge in [-0.3, -0.25) is 4.79 Å². The largest absolute Gasteiger partial charge is 0.399 e. The maximum Gasteiger partial charge on any atom is 0.251 e. The molecule has 5 heteroatoms. The summed E-state index contributed by atoms with van der Waals surface area (Å²) in [6.07, 6.45) is 1.14. The number of amides is 1. The lowest BCUT2D eigenvalue weighted by atomic mass is 10.1. The first-order valence-electron chi connectivity index (χ1n) is 5.57. The van der Waals surface area contributed by atoms with Crippen LogP contribution in [0.5, 0.6) is 0 Å². The fourth-order valence-corrected chi connectivity index (χ4v) is 3.11. The molecule has 0 spiro atoms. The van der Waals surface area contributed by atoms with Gasteiger partial charge in [-0.25, -0.2) is 4.39 Å². The predicted molar refractivity (Wildman–Crippen MR) is 68.6 cm³/mol. The average molecular weight is 254 g/mol. The molecular formula is C12H15FN2OS. The number of nitrogens with two attached hydrogens (primary N) is 1. The van der Waals surface area contributed by atoms with Crippen LogP contribution >= 0.6 is 11.8 Å². The Bertz CT molecular complexity index is 399. The highest BCUT2D eigenvalue weighted by Gasteiger charge is 2.16. The van der Waals surface area contributed by atoms with Gasteiger partial charge < -0.3 is 11.1 Å². The molecule has 0 aliphatic carbocycles. The lowest BCUT2D eigenvalue weighted by molar-refractivity contribution is 0.0948. The Morgan fingerprint density at radius 2 is 2.35 bits per heavy atom. The van der Waals surface area contributed by atoms with Crippen molar-refractivity contribution in [3.8, 4) is 0 Å². The molecule has 1 atom stereocenters. The summed E-state index contributed by atoms with van der Waals surface area (Å²) in [5.41, 5.74) is 6.05. The number of carbonyl (C=O) groups is 1. The Morgan fingerprint density at radius 3 is 3.00 bits per heavy atom. The van der Waals surface area contributed by atoms with E-state index in [0.29, 0.717) is 12.5 Å². The van der Waals surface area contributed by atoms with Gasteiger partial charge in [0.2, 0.25) is 0 Å². The Hall–Kier alpha value is -1.23. The molecule has 1 fully saturated rings. The summed E-state index contributed by atoms with van der Waals surface area (Å²) in [6.45, 7) is 0.655. The third-order valence-corrected chi connectivity index (χ3v) is 3.99. The van der Waals surface area contributed by atoms with E-state index in [1.54, 1.807) is 0 Å². The van der Waals surface area contributed by atoms with E-state index in [4.69, 9.17) is 5.73 Å². The minimum atomic E-state index is -0.480. The molecule has 3 N–H and O–H groups in total. The van der Waals surface area contributed by atoms with Crippen LogP contribution in [0.2, 0.25) is 0 Å². The maximum atomic E-state index is 13.1. The number of benzene rings is 1. The minimum Gasteiger partial charge on any atom is -0.399 e. The van der Waals surface area contributed by atoms with E-state index in [0.717, 1.165) is 17.9 Å². The molecule has 1 heterocycles. The molecule has 1 saturated heterocycles. The van der Waals surface area contributed by atoms with Crippen molar-refractivity contribution in [3.05, 3.63) is 29.6 Å². The molecule has 1 aliphatic heterocycles. The highest BCUT2D eigenvalue weighted by atomic mass is 32.2. The Kier molecular flexibility index (Phi) is 3.89. The standard InChI is InChI=1S/C12H15FN2OS/c13-10-3-9(4-11(14)5-10)12(16)15-6-8-1-2-17-7-8/h3-5,8H,1-2,6-7,14H2,(H,15,16). The van der Waals surface area contributed by atoms with Crippen LogP contribution in [0, 0.1) is 11.7 Å². The van der Waals surface area contributed by atoms with Crippen LogP contribution in [0.25, 0.3) is 0 Å². The average Bonchev–Trinajstić information content (AvgIpc) is 2.77. The van der Waals surface area contributed by atoms with Gasteiger partial charge in [0.05, 0.1) is 0 Å². The van der Waals surface area contributed by atoms with Crippen LogP contribution in [0.3, 0.4) is 0 Å². The summed E-state index contributed by atoms with van der Waals surface area (Å²) in [6, 6.07) is 3.89. The summed E-state index contributed by atoms with van der Waals surface area (Å²) >= 11 is 1.90. The second-order valence-electron chi connectivity index (χ2n) is 4.21. The normalized spacial score (nSPS) is 19.2. The highest BCUT2D eigenvalue weighted by Crippen LogP contribution is 2.22. The fraction of sp³-hybridized carbons (Fsp3) is 0.417. The van der Waals surface area contributed by atoms with Crippen LogP contribution in [-0.2, 0) is 0 Å². The number of nitrogens with one attached hydrogen (secondary N) is 1. The maximum absolute atomic E-state index is 13.1. The first-order valence-corrected chi connectivity index (χ1v) is 6.72. The zero-order valence-electron chi connectivity index (χ0n) is 9.41. The topological polar surface area (TPSA) is 55.1 Å². The van der Waals surface area contributed by atoms with Crippen molar-refractivity contribution in [2.75, 3.05) is 23.8 Å². The number of hydrogen-bond donors (Lipinski definition) is 2. The number of nitrogen functional groups attached to an aromatic ring is 1. The molecule has 1 aliphatic rings.